The lowest BCUT2D eigenvalue weighted by Crippen LogP contribution is -2.45. The summed E-state index contributed by atoms with van der Waals surface area (Å²) in [6.07, 6.45) is 9.47. The molecule has 0 saturated heterocycles. The van der Waals surface area contributed by atoms with Crippen molar-refractivity contribution < 1.29 is 14.6 Å². The predicted molar refractivity (Wildman–Crippen MR) is 102 cm³/mol. The van der Waals surface area contributed by atoms with E-state index in [1.165, 1.54) is 30.4 Å². The molecule has 0 radical (unpaired) electrons. The first-order valence-corrected chi connectivity index (χ1v) is 10.5. The van der Waals surface area contributed by atoms with Crippen molar-refractivity contribution >= 4 is 5.97 Å². The van der Waals surface area contributed by atoms with Gasteiger partial charge in [-0.3, -0.25) is 4.79 Å². The Labute approximate surface area is 157 Å². The maximum atomic E-state index is 12.2. The van der Waals surface area contributed by atoms with E-state index < -0.39 is 0 Å². The zero-order valence-corrected chi connectivity index (χ0v) is 16.2. The maximum absolute atomic E-state index is 12.2. The van der Waals surface area contributed by atoms with Gasteiger partial charge in [0, 0.05) is 11.8 Å². The van der Waals surface area contributed by atoms with Gasteiger partial charge < -0.3 is 9.84 Å². The second kappa shape index (κ2) is 6.90. The van der Waals surface area contributed by atoms with Crippen molar-refractivity contribution in [2.24, 2.45) is 17.3 Å². The molecule has 26 heavy (non-hydrogen) atoms. The number of aromatic hydroxyl groups is 1. The van der Waals surface area contributed by atoms with Crippen LogP contribution >= 0.6 is 0 Å². The third-order valence-electron chi connectivity index (χ3n) is 7.63. The van der Waals surface area contributed by atoms with Gasteiger partial charge in [-0.05, 0) is 86.0 Å². The van der Waals surface area contributed by atoms with E-state index in [2.05, 4.69) is 19.9 Å². The highest BCUT2D eigenvalue weighted by molar-refractivity contribution is 5.69. The Kier molecular flexibility index (Phi) is 4.75. The van der Waals surface area contributed by atoms with Crippen LogP contribution in [0.2, 0.25) is 0 Å². The molecule has 0 spiro atoms. The minimum Gasteiger partial charge on any atom is -0.508 e. The van der Waals surface area contributed by atoms with Crippen molar-refractivity contribution in [1.29, 1.82) is 0 Å². The lowest BCUT2D eigenvalue weighted by Gasteiger charge is -2.50. The van der Waals surface area contributed by atoms with Gasteiger partial charge >= 0.3 is 5.97 Å². The number of benzene rings is 1. The molecule has 5 atom stereocenters. The minimum atomic E-state index is 0.00492. The van der Waals surface area contributed by atoms with Crippen molar-refractivity contribution in [2.45, 2.75) is 83.7 Å². The quantitative estimate of drug-likeness (QED) is 0.740. The second-order valence-electron chi connectivity index (χ2n) is 9.00. The van der Waals surface area contributed by atoms with Crippen LogP contribution in [0.1, 0.15) is 82.3 Å². The summed E-state index contributed by atoms with van der Waals surface area (Å²) in [5.74, 6) is 2.37. The molecule has 0 amide bonds. The number of unbranched alkanes of at least 4 members (excludes halogenated alkanes) is 1. The summed E-state index contributed by atoms with van der Waals surface area (Å²) < 4.78 is 5.98. The van der Waals surface area contributed by atoms with E-state index in [0.717, 1.165) is 32.1 Å². The Morgan fingerprint density at radius 1 is 1.27 bits per heavy atom. The Balaban J connectivity index is 1.51. The smallest absolute Gasteiger partial charge is 0.306 e. The SMILES string of the molecule is CCCCC(=O)O[C@H]1CC[C@@H]2[C@@H]3CCc4cc(O)ccc4[C@@H]3CC[C@]12C. The summed E-state index contributed by atoms with van der Waals surface area (Å²) in [4.78, 5) is 12.2. The van der Waals surface area contributed by atoms with Crippen molar-refractivity contribution in [1.82, 2.24) is 0 Å². The van der Waals surface area contributed by atoms with E-state index in [0.29, 0.717) is 29.9 Å². The third-order valence-corrected chi connectivity index (χ3v) is 7.63. The number of aryl methyl sites for hydroxylation is 1. The van der Waals surface area contributed by atoms with E-state index in [-0.39, 0.29) is 17.5 Å². The molecule has 1 N–H and O–H groups in total. The molecule has 1 aromatic carbocycles. The molecule has 0 aromatic heterocycles. The summed E-state index contributed by atoms with van der Waals surface area (Å²) in [6, 6.07) is 5.97. The Morgan fingerprint density at radius 3 is 2.92 bits per heavy atom. The zero-order valence-electron chi connectivity index (χ0n) is 16.2. The predicted octanol–water partition coefficient (Wildman–Crippen LogP) is 5.35. The second-order valence-corrected chi connectivity index (χ2v) is 9.00. The highest BCUT2D eigenvalue weighted by atomic mass is 16.5. The van der Waals surface area contributed by atoms with Crippen LogP contribution in [0.25, 0.3) is 0 Å². The summed E-state index contributed by atoms with van der Waals surface area (Å²) in [6.45, 7) is 4.49. The number of esters is 1. The minimum absolute atomic E-state index is 0.00492. The average Bonchev–Trinajstić information content (AvgIpc) is 2.96. The number of hydrogen-bond acceptors (Lipinski definition) is 3. The van der Waals surface area contributed by atoms with Crippen LogP contribution < -0.4 is 0 Å². The fourth-order valence-electron chi connectivity index (χ4n) is 6.25. The molecule has 1 aromatic rings. The largest absolute Gasteiger partial charge is 0.508 e. The van der Waals surface area contributed by atoms with Crippen LogP contribution in [0.3, 0.4) is 0 Å². The molecule has 142 valence electrons. The summed E-state index contributed by atoms with van der Waals surface area (Å²) >= 11 is 0. The van der Waals surface area contributed by atoms with Gasteiger partial charge in [0.25, 0.3) is 0 Å². The van der Waals surface area contributed by atoms with E-state index >= 15 is 0 Å². The zero-order chi connectivity index (χ0) is 18.3. The number of phenolic OH excluding ortho intramolecular Hbond substituents is 1. The van der Waals surface area contributed by atoms with Crippen molar-refractivity contribution in [2.75, 3.05) is 0 Å². The number of phenols is 1. The fourth-order valence-corrected chi connectivity index (χ4v) is 6.25. The molecule has 0 aliphatic heterocycles. The Bertz CT molecular complexity index is 682. The highest BCUT2D eigenvalue weighted by Crippen LogP contribution is 2.61. The van der Waals surface area contributed by atoms with Crippen LogP contribution in [0, 0.1) is 17.3 Å². The van der Waals surface area contributed by atoms with E-state index in [1.807, 2.05) is 12.1 Å². The molecule has 3 aliphatic rings. The van der Waals surface area contributed by atoms with Gasteiger partial charge in [0.05, 0.1) is 0 Å². The van der Waals surface area contributed by atoms with Gasteiger partial charge in [-0.15, -0.1) is 0 Å². The van der Waals surface area contributed by atoms with Crippen LogP contribution in [0.15, 0.2) is 18.2 Å². The monoisotopic (exact) mass is 356 g/mol. The molecule has 3 heteroatoms. The Morgan fingerprint density at radius 2 is 2.12 bits per heavy atom. The first-order chi connectivity index (χ1) is 12.5. The molecule has 2 saturated carbocycles. The summed E-state index contributed by atoms with van der Waals surface area (Å²) in [5.41, 5.74) is 2.96. The third kappa shape index (κ3) is 2.93. The van der Waals surface area contributed by atoms with Crippen molar-refractivity contribution in [3.63, 3.8) is 0 Å². The van der Waals surface area contributed by atoms with Gasteiger partial charge in [0.1, 0.15) is 11.9 Å². The molecule has 3 nitrogen and oxygen atoms in total. The van der Waals surface area contributed by atoms with Crippen LogP contribution in [-0.4, -0.2) is 17.2 Å². The van der Waals surface area contributed by atoms with Crippen LogP contribution in [0.4, 0.5) is 0 Å². The molecule has 0 heterocycles. The number of fused-ring (bicyclic) bond motifs is 5. The highest BCUT2D eigenvalue weighted by Gasteiger charge is 2.56. The molecule has 0 bridgehead atoms. The lowest BCUT2D eigenvalue weighted by molar-refractivity contribution is -0.157. The van der Waals surface area contributed by atoms with Gasteiger partial charge in [0.15, 0.2) is 0 Å². The first kappa shape index (κ1) is 17.9. The number of hydrogen-bond donors (Lipinski definition) is 1. The number of ether oxygens (including phenoxy) is 1. The summed E-state index contributed by atoms with van der Waals surface area (Å²) in [7, 11) is 0. The van der Waals surface area contributed by atoms with Crippen molar-refractivity contribution in [3.8, 4) is 5.75 Å². The first-order valence-electron chi connectivity index (χ1n) is 10.5. The van der Waals surface area contributed by atoms with Crippen molar-refractivity contribution in [3.05, 3.63) is 29.3 Å². The lowest BCUT2D eigenvalue weighted by atomic mass is 9.55. The van der Waals surface area contributed by atoms with Crippen LogP contribution in [-0.2, 0) is 16.0 Å². The topological polar surface area (TPSA) is 46.5 Å². The van der Waals surface area contributed by atoms with Gasteiger partial charge in [-0.2, -0.15) is 0 Å². The number of carbonyl (C=O) groups excluding carboxylic acids is 1. The fraction of sp³-hybridized carbons (Fsp3) is 0.696. The van der Waals surface area contributed by atoms with Gasteiger partial charge in [0.2, 0.25) is 0 Å². The van der Waals surface area contributed by atoms with E-state index in [9.17, 15) is 9.90 Å². The summed E-state index contributed by atoms with van der Waals surface area (Å²) in [5, 5.41) is 9.81. The molecular formula is C23H32O3. The standard InChI is InChI=1S/C23H32O3/c1-3-4-5-22(25)26-21-11-10-20-19-8-6-15-14-16(24)7-9-17(15)18(19)12-13-23(20,21)2/h7,9,14,18-21,24H,3-6,8,10-13H2,1-2H3/t18-,19+,20+,21-,23-/m0/s1. The molecule has 4 rings (SSSR count). The normalized spacial score (nSPS) is 35.3. The molecule has 0 unspecified atom stereocenters. The van der Waals surface area contributed by atoms with Gasteiger partial charge in [-0.25, -0.2) is 0 Å². The van der Waals surface area contributed by atoms with E-state index in [1.54, 1.807) is 0 Å². The maximum Gasteiger partial charge on any atom is 0.306 e. The van der Waals surface area contributed by atoms with Gasteiger partial charge in [-0.1, -0.05) is 26.3 Å². The number of rotatable bonds is 4. The van der Waals surface area contributed by atoms with E-state index in [4.69, 9.17) is 4.74 Å². The molecule has 3 aliphatic carbocycles. The molecular weight excluding hydrogens is 324 g/mol. The number of carbonyl (C=O) groups is 1. The Hall–Kier alpha value is -1.51. The molecule has 2 fully saturated rings. The average molecular weight is 357 g/mol. The van der Waals surface area contributed by atoms with Crippen LogP contribution in [0.5, 0.6) is 5.75 Å².